The van der Waals surface area contributed by atoms with Crippen molar-refractivity contribution in [2.45, 2.75) is 13.5 Å². The zero-order valence-electron chi connectivity index (χ0n) is 30.5. The molecule has 0 amide bonds. The number of hydrogen-bond donors (Lipinski definition) is 0. The Labute approximate surface area is 322 Å². The number of pyridine rings is 3. The van der Waals surface area contributed by atoms with Crippen LogP contribution in [0.5, 0.6) is 0 Å². The predicted octanol–water partition coefficient (Wildman–Crippen LogP) is 11.4. The molecule has 0 atom stereocenters. The number of halogens is 2. The molecule has 0 saturated heterocycles. The Balaban J connectivity index is 1.14. The summed E-state index contributed by atoms with van der Waals surface area (Å²) in [6, 6.07) is 38.9. The third-order valence-electron chi connectivity index (χ3n) is 9.57. The van der Waals surface area contributed by atoms with Gasteiger partial charge in [-0.15, -0.1) is 0 Å². The number of amidine groups is 2. The van der Waals surface area contributed by atoms with Gasteiger partial charge in [0.1, 0.15) is 11.6 Å². The highest BCUT2D eigenvalue weighted by Gasteiger charge is 2.13. The molecule has 0 aliphatic carbocycles. The van der Waals surface area contributed by atoms with Crippen LogP contribution in [0.3, 0.4) is 0 Å². The molecule has 0 radical (unpaired) electrons. The van der Waals surface area contributed by atoms with Gasteiger partial charge in [-0.3, -0.25) is 15.0 Å². The molecule has 6 nitrogen and oxygen atoms in total. The maximum Gasteiger partial charge on any atom is 0.161 e. The summed E-state index contributed by atoms with van der Waals surface area (Å²) in [5.41, 5.74) is 9.79. The van der Waals surface area contributed by atoms with E-state index in [1.807, 2.05) is 97.1 Å². The summed E-state index contributed by atoms with van der Waals surface area (Å²) in [6.07, 6.45) is 7.63. The van der Waals surface area contributed by atoms with Gasteiger partial charge < -0.3 is 0 Å². The quantitative estimate of drug-likeness (QED) is 0.0675. The van der Waals surface area contributed by atoms with Gasteiger partial charge >= 0.3 is 0 Å². The van der Waals surface area contributed by atoms with Gasteiger partial charge in [0.25, 0.3) is 0 Å². The molecule has 8 rings (SSSR count). The third-order valence-corrected chi connectivity index (χ3v) is 9.57. The fraction of sp³-hybridized carbons (Fsp3) is 0.0417. The van der Waals surface area contributed by atoms with Gasteiger partial charge in [-0.2, -0.15) is 0 Å². The number of nitrogens with zero attached hydrogens (tertiary/aromatic N) is 6. The van der Waals surface area contributed by atoms with Crippen molar-refractivity contribution in [3.63, 3.8) is 0 Å². The van der Waals surface area contributed by atoms with Crippen LogP contribution in [0.2, 0.25) is 0 Å². The second-order valence-electron chi connectivity index (χ2n) is 13.3. The Kier molecular flexibility index (Phi) is 9.93. The lowest BCUT2D eigenvalue weighted by molar-refractivity contribution is 0.583. The summed E-state index contributed by atoms with van der Waals surface area (Å²) in [5.74, 6) is -1.17. The van der Waals surface area contributed by atoms with Gasteiger partial charge in [0.05, 0.1) is 28.8 Å². The van der Waals surface area contributed by atoms with E-state index in [2.05, 4.69) is 59.5 Å². The molecule has 56 heavy (non-hydrogen) atoms. The normalized spacial score (nSPS) is 12.2. The van der Waals surface area contributed by atoms with Crippen molar-refractivity contribution >= 4 is 62.7 Å². The first-order valence-corrected chi connectivity index (χ1v) is 18.0. The van der Waals surface area contributed by atoms with Gasteiger partial charge in [0.15, 0.2) is 11.7 Å². The highest BCUT2D eigenvalue weighted by Crippen LogP contribution is 2.28. The molecule has 0 unspecified atom stereocenters. The molecule has 5 aromatic carbocycles. The molecule has 0 spiro atoms. The van der Waals surface area contributed by atoms with Crippen LogP contribution in [0.15, 0.2) is 167 Å². The van der Waals surface area contributed by atoms with Crippen LogP contribution in [-0.4, -0.2) is 33.3 Å². The van der Waals surface area contributed by atoms with Crippen molar-refractivity contribution in [1.82, 2.24) is 15.0 Å². The summed E-state index contributed by atoms with van der Waals surface area (Å²) in [5, 5.41) is 3.08. The van der Waals surface area contributed by atoms with Crippen LogP contribution in [0.1, 0.15) is 33.4 Å². The fourth-order valence-electron chi connectivity index (χ4n) is 6.68. The number of benzene rings is 5. The van der Waals surface area contributed by atoms with E-state index in [9.17, 15) is 8.78 Å². The highest BCUT2D eigenvalue weighted by molar-refractivity contribution is 6.13. The van der Waals surface area contributed by atoms with Crippen molar-refractivity contribution in [1.29, 1.82) is 0 Å². The van der Waals surface area contributed by atoms with Crippen LogP contribution in [0.4, 0.5) is 8.78 Å². The van der Waals surface area contributed by atoms with Gasteiger partial charge in [-0.25, -0.2) is 23.7 Å². The molecule has 0 aliphatic heterocycles. The molecule has 0 aliphatic rings. The van der Waals surface area contributed by atoms with Crippen LogP contribution >= 0.6 is 0 Å². The second kappa shape index (κ2) is 15.6. The third kappa shape index (κ3) is 7.54. The van der Waals surface area contributed by atoms with E-state index in [-0.39, 0.29) is 17.9 Å². The molecule has 8 heteroatoms. The van der Waals surface area contributed by atoms with Gasteiger partial charge in [0.2, 0.25) is 0 Å². The lowest BCUT2D eigenvalue weighted by Crippen LogP contribution is -2.07. The number of aliphatic imine (C=N–C) groups is 3. The standard InChI is InChI=1S/C48H34F2N6/c1-30(14-15-33-16-17-34-12-6-22-52-44(34)31(33)2)37-9-4-8-32(24-37)29-54-48(56-47(51-3)40-26-41(49)28-42(50)27-40)39-11-5-10-38(25-39)43-21-20-36-19-18-35-13-7-23-53-45(35)46(36)55-43/h4-28H,1,3,29H2,2H3/b15-14-,54-48?,56-47?. The fourth-order valence-corrected chi connectivity index (χ4v) is 6.68. The Morgan fingerprint density at radius 2 is 1.34 bits per heavy atom. The maximum absolute atomic E-state index is 14.3. The van der Waals surface area contributed by atoms with Crippen LogP contribution in [-0.2, 0) is 6.54 Å². The van der Waals surface area contributed by atoms with Crippen LogP contribution in [0.25, 0.3) is 55.6 Å². The van der Waals surface area contributed by atoms with Crippen molar-refractivity contribution in [3.8, 4) is 11.3 Å². The number of rotatable bonds is 8. The minimum Gasteiger partial charge on any atom is -0.261 e. The number of allylic oxidation sites excluding steroid dienone is 2. The molecule has 0 fully saturated rings. The van der Waals surface area contributed by atoms with E-state index in [1.165, 1.54) is 12.1 Å². The number of fused-ring (bicyclic) bond motifs is 4. The molecular formula is C48H34F2N6. The van der Waals surface area contributed by atoms with E-state index in [0.717, 1.165) is 77.9 Å². The van der Waals surface area contributed by atoms with Gasteiger partial charge in [-0.1, -0.05) is 97.6 Å². The van der Waals surface area contributed by atoms with E-state index in [1.54, 1.807) is 12.4 Å². The van der Waals surface area contributed by atoms with E-state index in [0.29, 0.717) is 11.4 Å². The minimum atomic E-state index is -0.750. The summed E-state index contributed by atoms with van der Waals surface area (Å²) < 4.78 is 28.7. The zero-order chi connectivity index (χ0) is 38.6. The Morgan fingerprint density at radius 1 is 0.661 bits per heavy atom. The van der Waals surface area contributed by atoms with Crippen molar-refractivity contribution in [2.24, 2.45) is 15.0 Å². The topological polar surface area (TPSA) is 75.8 Å². The molecule has 0 N–H and O–H groups in total. The molecule has 270 valence electrons. The van der Waals surface area contributed by atoms with E-state index >= 15 is 0 Å². The largest absolute Gasteiger partial charge is 0.261 e. The summed E-state index contributed by atoms with van der Waals surface area (Å²) in [7, 11) is 0. The van der Waals surface area contributed by atoms with Crippen molar-refractivity contribution in [2.75, 3.05) is 0 Å². The SMILES string of the molecule is C=NC(=NC(=NCc1cccc(C(=C)/C=C\c2ccc3cccnc3c2C)c1)c1cccc(-c2ccc3ccc4cccnc4c3n2)c1)c1cc(F)cc(F)c1. The smallest absolute Gasteiger partial charge is 0.161 e. The minimum absolute atomic E-state index is 0.0281. The van der Waals surface area contributed by atoms with Crippen LogP contribution in [0, 0.1) is 18.6 Å². The highest BCUT2D eigenvalue weighted by atomic mass is 19.1. The first kappa shape index (κ1) is 35.7. The molecule has 3 heterocycles. The average Bonchev–Trinajstić information content (AvgIpc) is 3.23. The monoisotopic (exact) mass is 732 g/mol. The Bertz CT molecular complexity index is 2910. The molecular weight excluding hydrogens is 699 g/mol. The van der Waals surface area contributed by atoms with E-state index in [4.69, 9.17) is 15.0 Å². The predicted molar refractivity (Wildman–Crippen MR) is 226 cm³/mol. The lowest BCUT2D eigenvalue weighted by Gasteiger charge is -2.10. The zero-order valence-corrected chi connectivity index (χ0v) is 30.5. The summed E-state index contributed by atoms with van der Waals surface area (Å²) in [6.45, 7) is 10.3. The first-order chi connectivity index (χ1) is 27.3. The lowest BCUT2D eigenvalue weighted by atomic mass is 10.0. The number of aromatic nitrogens is 3. The Morgan fingerprint density at radius 3 is 2.12 bits per heavy atom. The average molecular weight is 733 g/mol. The molecule has 3 aromatic heterocycles. The van der Waals surface area contributed by atoms with E-state index < -0.39 is 11.6 Å². The maximum atomic E-state index is 14.3. The van der Waals surface area contributed by atoms with Gasteiger partial charge in [0, 0.05) is 51.3 Å². The first-order valence-electron chi connectivity index (χ1n) is 18.0. The summed E-state index contributed by atoms with van der Waals surface area (Å²) in [4.78, 5) is 27.9. The molecule has 8 aromatic rings. The molecule has 0 bridgehead atoms. The van der Waals surface area contributed by atoms with Crippen LogP contribution < -0.4 is 0 Å². The Hall–Kier alpha value is -7.32. The van der Waals surface area contributed by atoms with Crippen molar-refractivity contribution < 1.29 is 8.78 Å². The second-order valence-corrected chi connectivity index (χ2v) is 13.3. The summed E-state index contributed by atoms with van der Waals surface area (Å²) >= 11 is 0. The molecule has 0 saturated carbocycles. The number of aryl methyl sites for hydroxylation is 1. The van der Waals surface area contributed by atoms with Gasteiger partial charge in [-0.05, 0) is 83.9 Å². The van der Waals surface area contributed by atoms with Crippen molar-refractivity contribution in [3.05, 3.63) is 197 Å². The number of hydrogen-bond acceptors (Lipinski definition) is 4.